The molecule has 1 aromatic rings. The number of nitrogens with zero attached hydrogens (tertiary/aromatic N) is 1. The van der Waals surface area contributed by atoms with Crippen LogP contribution in [-0.4, -0.2) is 29.2 Å². The molecule has 0 unspecified atom stereocenters. The second kappa shape index (κ2) is 5.26. The van der Waals surface area contributed by atoms with E-state index in [0.717, 1.165) is 5.69 Å². The molecular formula is C14H19N3O3. The number of aromatic nitrogens is 2. The zero-order chi connectivity index (χ0) is 14.1. The lowest BCUT2D eigenvalue weighted by atomic mass is 10.0. The number of H-pyrrole nitrogens is 1. The van der Waals surface area contributed by atoms with Gasteiger partial charge in [-0.3, -0.25) is 14.7 Å². The van der Waals surface area contributed by atoms with Crippen molar-refractivity contribution in [1.82, 2.24) is 10.2 Å². The summed E-state index contributed by atoms with van der Waals surface area (Å²) in [6.45, 7) is 0. The van der Waals surface area contributed by atoms with Crippen LogP contribution in [0.3, 0.4) is 0 Å². The van der Waals surface area contributed by atoms with Gasteiger partial charge in [0.25, 0.3) is 0 Å². The third-order valence-corrected chi connectivity index (χ3v) is 4.28. The molecule has 0 aliphatic heterocycles. The number of carbonyl (C=O) groups excluding carboxylic acids is 2. The summed E-state index contributed by atoms with van der Waals surface area (Å²) in [6, 6.07) is 1.91. The van der Waals surface area contributed by atoms with E-state index in [4.69, 9.17) is 0 Å². The first-order valence-electron chi connectivity index (χ1n) is 7.13. The molecule has 1 heterocycles. The molecule has 2 atom stereocenters. The van der Waals surface area contributed by atoms with Crippen molar-refractivity contribution in [3.8, 4) is 0 Å². The Morgan fingerprint density at radius 2 is 2.10 bits per heavy atom. The quantitative estimate of drug-likeness (QED) is 0.822. The first-order valence-corrected chi connectivity index (χ1v) is 7.13. The van der Waals surface area contributed by atoms with Crippen LogP contribution in [0.25, 0.3) is 0 Å². The standard InChI is InChI=1S/C14H19N3O3/c1-20-14(19)10-6-9(10)13(18)15-12-7-11(16-17-12)8-4-2-3-5-8/h7-10H,2-6H2,1H3,(H2,15,16,17,18)/t9-,10-/m1/s1. The summed E-state index contributed by atoms with van der Waals surface area (Å²) in [5.41, 5.74) is 1.10. The Balaban J connectivity index is 1.56. The van der Waals surface area contributed by atoms with Crippen LogP contribution >= 0.6 is 0 Å². The van der Waals surface area contributed by atoms with E-state index in [-0.39, 0.29) is 23.7 Å². The van der Waals surface area contributed by atoms with Crippen molar-refractivity contribution in [1.29, 1.82) is 0 Å². The number of anilines is 1. The van der Waals surface area contributed by atoms with Gasteiger partial charge in [-0.15, -0.1) is 0 Å². The van der Waals surface area contributed by atoms with Crippen molar-refractivity contribution < 1.29 is 14.3 Å². The zero-order valence-corrected chi connectivity index (χ0v) is 11.5. The number of amides is 1. The van der Waals surface area contributed by atoms with Crippen molar-refractivity contribution in [3.63, 3.8) is 0 Å². The normalized spacial score (nSPS) is 25.4. The van der Waals surface area contributed by atoms with Gasteiger partial charge in [0.2, 0.25) is 5.91 Å². The van der Waals surface area contributed by atoms with Gasteiger partial charge < -0.3 is 10.1 Å². The highest BCUT2D eigenvalue weighted by Crippen LogP contribution is 2.40. The van der Waals surface area contributed by atoms with Crippen LogP contribution in [0.15, 0.2) is 6.07 Å². The van der Waals surface area contributed by atoms with E-state index in [1.165, 1.54) is 32.8 Å². The Bertz CT molecular complexity index is 519. The fourth-order valence-corrected chi connectivity index (χ4v) is 2.96. The van der Waals surface area contributed by atoms with Gasteiger partial charge in [-0.25, -0.2) is 0 Å². The molecule has 3 rings (SSSR count). The number of carbonyl (C=O) groups is 2. The summed E-state index contributed by atoms with van der Waals surface area (Å²) in [7, 11) is 1.34. The molecule has 108 valence electrons. The van der Waals surface area contributed by atoms with Crippen LogP contribution in [0.5, 0.6) is 0 Å². The van der Waals surface area contributed by atoms with Crippen molar-refractivity contribution in [2.75, 3.05) is 12.4 Å². The summed E-state index contributed by atoms with van der Waals surface area (Å²) >= 11 is 0. The topological polar surface area (TPSA) is 84.1 Å². The molecule has 0 radical (unpaired) electrons. The lowest BCUT2D eigenvalue weighted by Crippen LogP contribution is -2.17. The smallest absolute Gasteiger partial charge is 0.309 e. The molecule has 20 heavy (non-hydrogen) atoms. The highest BCUT2D eigenvalue weighted by molar-refractivity contribution is 5.97. The summed E-state index contributed by atoms with van der Waals surface area (Å²) in [6.07, 6.45) is 5.45. The molecule has 0 aromatic carbocycles. The number of aromatic amines is 1. The highest BCUT2D eigenvalue weighted by atomic mass is 16.5. The Kier molecular flexibility index (Phi) is 3.46. The summed E-state index contributed by atoms with van der Waals surface area (Å²) in [5, 5.41) is 9.90. The predicted molar refractivity (Wildman–Crippen MR) is 72.0 cm³/mol. The number of esters is 1. The molecule has 0 bridgehead atoms. The third kappa shape index (κ3) is 2.55. The maximum absolute atomic E-state index is 12.0. The van der Waals surface area contributed by atoms with Crippen molar-refractivity contribution in [2.24, 2.45) is 11.8 Å². The minimum atomic E-state index is -0.307. The second-order valence-electron chi connectivity index (χ2n) is 5.65. The second-order valence-corrected chi connectivity index (χ2v) is 5.65. The number of ether oxygens (including phenoxy) is 1. The van der Waals surface area contributed by atoms with Gasteiger partial charge in [-0.2, -0.15) is 5.10 Å². The zero-order valence-electron chi connectivity index (χ0n) is 11.5. The molecule has 2 N–H and O–H groups in total. The Labute approximate surface area is 117 Å². The Morgan fingerprint density at radius 1 is 1.35 bits per heavy atom. The van der Waals surface area contributed by atoms with Crippen molar-refractivity contribution in [2.45, 2.75) is 38.0 Å². The van der Waals surface area contributed by atoms with Gasteiger partial charge in [-0.05, 0) is 19.3 Å². The maximum Gasteiger partial charge on any atom is 0.309 e. The molecule has 2 aliphatic carbocycles. The van der Waals surface area contributed by atoms with E-state index in [2.05, 4.69) is 20.3 Å². The van der Waals surface area contributed by atoms with Gasteiger partial charge in [-0.1, -0.05) is 12.8 Å². The molecule has 6 nitrogen and oxygen atoms in total. The third-order valence-electron chi connectivity index (χ3n) is 4.28. The first-order chi connectivity index (χ1) is 9.69. The maximum atomic E-state index is 12.0. The van der Waals surface area contributed by atoms with Gasteiger partial charge >= 0.3 is 5.97 Å². The van der Waals surface area contributed by atoms with Gasteiger partial charge in [0.15, 0.2) is 5.82 Å². The molecular weight excluding hydrogens is 258 g/mol. The van der Waals surface area contributed by atoms with Crippen molar-refractivity contribution >= 4 is 17.7 Å². The van der Waals surface area contributed by atoms with Crippen LogP contribution in [0.2, 0.25) is 0 Å². The highest BCUT2D eigenvalue weighted by Gasteiger charge is 2.49. The SMILES string of the molecule is COC(=O)[C@@H]1C[C@H]1C(=O)Nc1cc(C2CCCC2)[nH]n1. The fourth-order valence-electron chi connectivity index (χ4n) is 2.96. The number of rotatable bonds is 4. The monoisotopic (exact) mass is 277 g/mol. The first kappa shape index (κ1) is 13.1. The fraction of sp³-hybridized carbons (Fsp3) is 0.643. The summed E-state index contributed by atoms with van der Waals surface area (Å²) in [4.78, 5) is 23.3. The summed E-state index contributed by atoms with van der Waals surface area (Å²) in [5.74, 6) is 0.0790. The van der Waals surface area contributed by atoms with E-state index in [0.29, 0.717) is 18.2 Å². The van der Waals surface area contributed by atoms with Gasteiger partial charge in [0, 0.05) is 17.7 Å². The molecule has 0 spiro atoms. The lowest BCUT2D eigenvalue weighted by molar-refractivity contribution is -0.143. The molecule has 1 amide bonds. The van der Waals surface area contributed by atoms with Crippen LogP contribution in [0.1, 0.15) is 43.7 Å². The Morgan fingerprint density at radius 3 is 2.80 bits per heavy atom. The molecule has 2 saturated carbocycles. The van der Waals surface area contributed by atoms with Crippen molar-refractivity contribution in [3.05, 3.63) is 11.8 Å². The van der Waals surface area contributed by atoms with Crippen LogP contribution in [0, 0.1) is 11.8 Å². The van der Waals surface area contributed by atoms with Gasteiger partial charge in [0.05, 0.1) is 18.9 Å². The van der Waals surface area contributed by atoms with Gasteiger partial charge in [0.1, 0.15) is 0 Å². The van der Waals surface area contributed by atoms with Crippen LogP contribution in [-0.2, 0) is 14.3 Å². The number of nitrogens with one attached hydrogen (secondary N) is 2. The van der Waals surface area contributed by atoms with Crippen LogP contribution < -0.4 is 5.32 Å². The largest absolute Gasteiger partial charge is 0.469 e. The Hall–Kier alpha value is -1.85. The van der Waals surface area contributed by atoms with E-state index < -0.39 is 0 Å². The van der Waals surface area contributed by atoms with Crippen LogP contribution in [0.4, 0.5) is 5.82 Å². The minimum Gasteiger partial charge on any atom is -0.469 e. The number of methoxy groups -OCH3 is 1. The minimum absolute atomic E-state index is 0.148. The number of hydrogen-bond acceptors (Lipinski definition) is 4. The summed E-state index contributed by atoms with van der Waals surface area (Å²) < 4.78 is 4.64. The molecule has 1 aromatic heterocycles. The van der Waals surface area contributed by atoms with E-state index in [1.54, 1.807) is 0 Å². The molecule has 2 aliphatic rings. The van der Waals surface area contributed by atoms with E-state index >= 15 is 0 Å². The van der Waals surface area contributed by atoms with E-state index in [1.807, 2.05) is 6.07 Å². The number of hydrogen-bond donors (Lipinski definition) is 2. The van der Waals surface area contributed by atoms with E-state index in [9.17, 15) is 9.59 Å². The molecule has 6 heteroatoms. The lowest BCUT2D eigenvalue weighted by Gasteiger charge is -2.03. The molecule has 0 saturated heterocycles. The average molecular weight is 277 g/mol. The molecule has 2 fully saturated rings. The average Bonchev–Trinajstić information content (AvgIpc) is 2.87. The predicted octanol–water partition coefficient (Wildman–Crippen LogP) is 1.81.